The van der Waals surface area contributed by atoms with Crippen LogP contribution in [-0.2, 0) is 6.42 Å². The molecule has 1 aliphatic rings. The number of hydrogen-bond acceptors (Lipinski definition) is 8. The summed E-state index contributed by atoms with van der Waals surface area (Å²) in [6.07, 6.45) is 8.88. The summed E-state index contributed by atoms with van der Waals surface area (Å²) in [5.41, 5.74) is 4.94. The average molecular weight is 461 g/mol. The highest BCUT2D eigenvalue weighted by atomic mass is 32.1. The Balaban J connectivity index is 1.22. The zero-order chi connectivity index (χ0) is 22.8. The predicted octanol–water partition coefficient (Wildman–Crippen LogP) is 5.10. The van der Waals surface area contributed by atoms with Crippen molar-refractivity contribution in [3.05, 3.63) is 54.1 Å². The Hall–Kier alpha value is -3.13. The number of pyridine rings is 2. The van der Waals surface area contributed by atoms with Gasteiger partial charge in [-0.25, -0.2) is 19.9 Å². The number of aryl methyl sites for hydroxylation is 2. The molecule has 1 saturated heterocycles. The minimum atomic E-state index is 0.0943. The highest BCUT2D eigenvalue weighted by molar-refractivity contribution is 7.19. The molecule has 0 radical (unpaired) electrons. The van der Waals surface area contributed by atoms with Crippen molar-refractivity contribution in [1.29, 1.82) is 0 Å². The third-order valence-electron chi connectivity index (χ3n) is 6.32. The summed E-state index contributed by atoms with van der Waals surface area (Å²) in [5.74, 6) is 1.31. The molecule has 0 aliphatic carbocycles. The Morgan fingerprint density at radius 3 is 2.52 bits per heavy atom. The predicted molar refractivity (Wildman–Crippen MR) is 132 cm³/mol. The number of aromatic nitrogens is 5. The van der Waals surface area contributed by atoms with Crippen LogP contribution in [0.1, 0.15) is 37.9 Å². The summed E-state index contributed by atoms with van der Waals surface area (Å²) in [6, 6.07) is 8.05. The van der Waals surface area contributed by atoms with Crippen LogP contribution in [0.5, 0.6) is 5.19 Å². The minimum Gasteiger partial charge on any atom is -0.467 e. The molecular formula is C25H28N6OS. The topological polar surface area (TPSA) is 76.9 Å². The molecule has 0 N–H and O–H groups in total. The molecule has 0 saturated carbocycles. The van der Waals surface area contributed by atoms with Gasteiger partial charge in [-0.15, -0.1) is 0 Å². The quantitative estimate of drug-likeness (QED) is 0.396. The zero-order valence-corrected chi connectivity index (χ0v) is 20.0. The molecule has 0 spiro atoms. The normalized spacial score (nSPS) is 15.7. The van der Waals surface area contributed by atoms with Crippen molar-refractivity contribution in [1.82, 2.24) is 24.9 Å². The van der Waals surface area contributed by atoms with Gasteiger partial charge in [0.05, 0.1) is 5.69 Å². The van der Waals surface area contributed by atoms with Gasteiger partial charge < -0.3 is 9.64 Å². The summed E-state index contributed by atoms with van der Waals surface area (Å²) < 4.78 is 6.28. The molecular weight excluding hydrogens is 432 g/mol. The minimum absolute atomic E-state index is 0.0943. The fourth-order valence-electron chi connectivity index (χ4n) is 4.15. The molecule has 1 fully saturated rings. The molecule has 4 aromatic heterocycles. The van der Waals surface area contributed by atoms with Crippen LogP contribution < -0.4 is 9.64 Å². The Kier molecular flexibility index (Phi) is 6.17. The average Bonchev–Trinajstić information content (AvgIpc) is 3.26. The Bertz CT molecular complexity index is 1220. The van der Waals surface area contributed by atoms with E-state index in [0.29, 0.717) is 11.1 Å². The van der Waals surface area contributed by atoms with Crippen LogP contribution in [0.25, 0.3) is 21.6 Å². The van der Waals surface area contributed by atoms with Gasteiger partial charge in [-0.05, 0) is 68.9 Å². The molecule has 1 atom stereocenters. The van der Waals surface area contributed by atoms with E-state index >= 15 is 0 Å². The smallest absolute Gasteiger partial charge is 0.276 e. The molecule has 5 heterocycles. The maximum absolute atomic E-state index is 6.28. The lowest BCUT2D eigenvalue weighted by Crippen LogP contribution is -2.39. The van der Waals surface area contributed by atoms with E-state index in [1.165, 1.54) is 16.9 Å². The third-order valence-corrected chi connectivity index (χ3v) is 7.17. The van der Waals surface area contributed by atoms with E-state index in [1.54, 1.807) is 0 Å². The summed E-state index contributed by atoms with van der Waals surface area (Å²) in [4.78, 5) is 26.0. The standard InChI is InChI=1S/C25H28N6OS/c1-4-18-13-27-24(28-14-18)31-11-9-19(10-12-31)17(3)32-25-30-22-8-7-21(29-23(22)33-25)20-6-5-16(2)26-15-20/h5-8,13-15,17,19H,4,9-12H2,1-3H3/t17-/m0/s1. The van der Waals surface area contributed by atoms with Crippen molar-refractivity contribution in [3.8, 4) is 16.5 Å². The molecule has 0 unspecified atom stereocenters. The van der Waals surface area contributed by atoms with Crippen molar-refractivity contribution in [2.45, 2.75) is 46.1 Å². The lowest BCUT2D eigenvalue weighted by Gasteiger charge is -2.34. The van der Waals surface area contributed by atoms with Gasteiger partial charge in [0, 0.05) is 42.9 Å². The molecule has 0 amide bonds. The maximum atomic E-state index is 6.28. The van der Waals surface area contributed by atoms with E-state index in [-0.39, 0.29) is 6.10 Å². The first-order valence-electron chi connectivity index (χ1n) is 11.5. The number of rotatable bonds is 6. The number of piperidine rings is 1. The van der Waals surface area contributed by atoms with Crippen LogP contribution in [0.4, 0.5) is 5.95 Å². The van der Waals surface area contributed by atoms with Crippen LogP contribution in [0.3, 0.4) is 0 Å². The van der Waals surface area contributed by atoms with E-state index in [1.807, 2.05) is 49.8 Å². The number of anilines is 1. The van der Waals surface area contributed by atoms with Crippen molar-refractivity contribution in [3.63, 3.8) is 0 Å². The monoisotopic (exact) mass is 460 g/mol. The fourth-order valence-corrected chi connectivity index (χ4v) is 5.02. The SMILES string of the molecule is CCc1cnc(N2CCC([C@H](C)Oc3nc4ccc(-c5ccc(C)nc5)nc4s3)CC2)nc1. The van der Waals surface area contributed by atoms with E-state index in [9.17, 15) is 0 Å². The first-order chi connectivity index (χ1) is 16.1. The lowest BCUT2D eigenvalue weighted by molar-refractivity contribution is 0.132. The Morgan fingerprint density at radius 1 is 1.03 bits per heavy atom. The van der Waals surface area contributed by atoms with Crippen LogP contribution in [-0.4, -0.2) is 44.1 Å². The molecule has 170 valence electrons. The van der Waals surface area contributed by atoms with Crippen LogP contribution >= 0.6 is 11.3 Å². The van der Waals surface area contributed by atoms with Gasteiger partial charge in [0.2, 0.25) is 5.95 Å². The number of nitrogens with zero attached hydrogens (tertiary/aromatic N) is 6. The third kappa shape index (κ3) is 4.80. The van der Waals surface area contributed by atoms with E-state index in [0.717, 1.165) is 65.6 Å². The van der Waals surface area contributed by atoms with Gasteiger partial charge in [-0.2, -0.15) is 0 Å². The number of fused-ring (bicyclic) bond motifs is 1. The molecule has 1 aliphatic heterocycles. The van der Waals surface area contributed by atoms with Crippen LogP contribution in [0.15, 0.2) is 42.9 Å². The van der Waals surface area contributed by atoms with Gasteiger partial charge in [0.25, 0.3) is 5.19 Å². The van der Waals surface area contributed by atoms with Crippen LogP contribution in [0.2, 0.25) is 0 Å². The largest absolute Gasteiger partial charge is 0.467 e. The molecule has 5 rings (SSSR count). The number of ether oxygens (including phenoxy) is 1. The first-order valence-corrected chi connectivity index (χ1v) is 12.3. The first kappa shape index (κ1) is 21.7. The summed E-state index contributed by atoms with van der Waals surface area (Å²) in [5, 5.41) is 0.685. The van der Waals surface area contributed by atoms with Crippen molar-refractivity contribution in [2.75, 3.05) is 18.0 Å². The fraction of sp³-hybridized carbons (Fsp3) is 0.400. The molecule has 0 aromatic carbocycles. The lowest BCUT2D eigenvalue weighted by atomic mass is 9.92. The molecule has 0 bridgehead atoms. The van der Waals surface area contributed by atoms with Crippen molar-refractivity contribution in [2.24, 2.45) is 5.92 Å². The van der Waals surface area contributed by atoms with Gasteiger partial charge in [0.1, 0.15) is 16.5 Å². The summed E-state index contributed by atoms with van der Waals surface area (Å²) in [6.45, 7) is 8.14. The zero-order valence-electron chi connectivity index (χ0n) is 19.2. The number of hydrogen-bond donors (Lipinski definition) is 0. The molecule has 7 nitrogen and oxygen atoms in total. The van der Waals surface area contributed by atoms with E-state index < -0.39 is 0 Å². The van der Waals surface area contributed by atoms with E-state index in [2.05, 4.69) is 38.7 Å². The Morgan fingerprint density at radius 2 is 1.82 bits per heavy atom. The second-order valence-electron chi connectivity index (χ2n) is 8.58. The summed E-state index contributed by atoms with van der Waals surface area (Å²) in [7, 11) is 0. The van der Waals surface area contributed by atoms with Gasteiger partial charge in [-0.3, -0.25) is 4.98 Å². The molecule has 33 heavy (non-hydrogen) atoms. The summed E-state index contributed by atoms with van der Waals surface area (Å²) >= 11 is 1.51. The van der Waals surface area contributed by atoms with Gasteiger partial charge >= 0.3 is 0 Å². The Labute approximate surface area is 197 Å². The van der Waals surface area contributed by atoms with Crippen LogP contribution in [0, 0.1) is 12.8 Å². The van der Waals surface area contributed by atoms with Crippen molar-refractivity contribution < 1.29 is 4.74 Å². The highest BCUT2D eigenvalue weighted by Gasteiger charge is 2.27. The van der Waals surface area contributed by atoms with Gasteiger partial charge in [-0.1, -0.05) is 18.3 Å². The van der Waals surface area contributed by atoms with Crippen molar-refractivity contribution >= 4 is 27.6 Å². The second-order valence-corrected chi connectivity index (χ2v) is 9.52. The highest BCUT2D eigenvalue weighted by Crippen LogP contribution is 2.32. The second kappa shape index (κ2) is 9.39. The maximum Gasteiger partial charge on any atom is 0.276 e. The molecule has 8 heteroatoms. The van der Waals surface area contributed by atoms with E-state index in [4.69, 9.17) is 9.72 Å². The van der Waals surface area contributed by atoms with Gasteiger partial charge in [0.15, 0.2) is 0 Å². The molecule has 4 aromatic rings. The number of thiazole rings is 1.